The lowest BCUT2D eigenvalue weighted by atomic mass is 9.95. The highest BCUT2D eigenvalue weighted by molar-refractivity contribution is 5.85. The van der Waals surface area contributed by atoms with Crippen LogP contribution >= 0.6 is 12.4 Å². The van der Waals surface area contributed by atoms with Gasteiger partial charge >= 0.3 is 0 Å². The van der Waals surface area contributed by atoms with Crippen LogP contribution in [0.2, 0.25) is 0 Å². The average Bonchev–Trinajstić information content (AvgIpc) is 1.90. The van der Waals surface area contributed by atoms with E-state index in [-0.39, 0.29) is 12.4 Å². The fourth-order valence-corrected chi connectivity index (χ4v) is 1.41. The fourth-order valence-electron chi connectivity index (χ4n) is 1.41. The molecule has 1 fully saturated rings. The van der Waals surface area contributed by atoms with Crippen LogP contribution in [0.15, 0.2) is 0 Å². The highest BCUT2D eigenvalue weighted by Crippen LogP contribution is 2.14. The Morgan fingerprint density at radius 1 is 1.40 bits per heavy atom. The average molecular weight is 164 g/mol. The van der Waals surface area contributed by atoms with E-state index < -0.39 is 0 Å². The Labute approximate surface area is 70.0 Å². The van der Waals surface area contributed by atoms with Crippen molar-refractivity contribution in [2.75, 3.05) is 6.54 Å². The van der Waals surface area contributed by atoms with Crippen LogP contribution in [0.1, 0.15) is 33.1 Å². The lowest BCUT2D eigenvalue weighted by molar-refractivity contribution is 0.322. The Bertz CT molecular complexity index is 77.3. The molecule has 1 N–H and O–H groups in total. The SMILES string of the molecule is CCC1CCC(C)CN1.Cl. The number of halogens is 1. The molecule has 62 valence electrons. The van der Waals surface area contributed by atoms with Gasteiger partial charge in [0.05, 0.1) is 0 Å². The van der Waals surface area contributed by atoms with Crippen LogP contribution in [0.25, 0.3) is 0 Å². The fraction of sp³-hybridized carbons (Fsp3) is 1.00. The molecule has 2 unspecified atom stereocenters. The van der Waals surface area contributed by atoms with E-state index >= 15 is 0 Å². The molecule has 2 atom stereocenters. The molecule has 1 heterocycles. The number of hydrogen-bond acceptors (Lipinski definition) is 1. The van der Waals surface area contributed by atoms with Crippen LogP contribution in [-0.2, 0) is 0 Å². The summed E-state index contributed by atoms with van der Waals surface area (Å²) in [4.78, 5) is 0. The van der Waals surface area contributed by atoms with E-state index in [4.69, 9.17) is 0 Å². The molecule has 0 radical (unpaired) electrons. The lowest BCUT2D eigenvalue weighted by Gasteiger charge is -2.26. The van der Waals surface area contributed by atoms with Crippen LogP contribution < -0.4 is 5.32 Å². The maximum Gasteiger partial charge on any atom is 0.00646 e. The zero-order valence-electron chi connectivity index (χ0n) is 6.89. The van der Waals surface area contributed by atoms with Gasteiger partial charge in [-0.3, -0.25) is 0 Å². The number of hydrogen-bond donors (Lipinski definition) is 1. The summed E-state index contributed by atoms with van der Waals surface area (Å²) in [5.41, 5.74) is 0. The van der Waals surface area contributed by atoms with Gasteiger partial charge in [0, 0.05) is 6.04 Å². The zero-order chi connectivity index (χ0) is 6.69. The van der Waals surface area contributed by atoms with Gasteiger partial charge in [0.15, 0.2) is 0 Å². The van der Waals surface area contributed by atoms with Crippen molar-refractivity contribution in [3.8, 4) is 0 Å². The van der Waals surface area contributed by atoms with Crippen LogP contribution in [0.3, 0.4) is 0 Å². The Balaban J connectivity index is 0.000000810. The standard InChI is InChI=1S/C8H17N.ClH/c1-3-8-5-4-7(2)6-9-8;/h7-9H,3-6H2,1-2H3;1H. The predicted molar refractivity (Wildman–Crippen MR) is 47.7 cm³/mol. The quantitative estimate of drug-likeness (QED) is 0.625. The van der Waals surface area contributed by atoms with Gasteiger partial charge in [0.1, 0.15) is 0 Å². The molecule has 0 saturated carbocycles. The second-order valence-corrected chi connectivity index (χ2v) is 3.20. The molecule has 0 amide bonds. The van der Waals surface area contributed by atoms with Gasteiger partial charge in [-0.25, -0.2) is 0 Å². The maximum absolute atomic E-state index is 3.52. The first kappa shape index (κ1) is 10.2. The predicted octanol–water partition coefficient (Wildman–Crippen LogP) is 2.21. The Morgan fingerprint density at radius 3 is 2.50 bits per heavy atom. The van der Waals surface area contributed by atoms with Gasteiger partial charge in [-0.15, -0.1) is 12.4 Å². The van der Waals surface area contributed by atoms with Crippen LogP contribution in [-0.4, -0.2) is 12.6 Å². The molecule has 0 aromatic heterocycles. The van der Waals surface area contributed by atoms with Crippen molar-refractivity contribution >= 4 is 12.4 Å². The van der Waals surface area contributed by atoms with Crippen molar-refractivity contribution in [3.63, 3.8) is 0 Å². The van der Waals surface area contributed by atoms with Crippen molar-refractivity contribution in [1.29, 1.82) is 0 Å². The molecule has 0 bridgehead atoms. The van der Waals surface area contributed by atoms with Gasteiger partial charge in [0.2, 0.25) is 0 Å². The highest BCUT2D eigenvalue weighted by Gasteiger charge is 2.14. The summed E-state index contributed by atoms with van der Waals surface area (Å²) in [5.74, 6) is 0.910. The topological polar surface area (TPSA) is 12.0 Å². The molecule has 2 heteroatoms. The molecule has 1 aliphatic rings. The third kappa shape index (κ3) is 2.89. The van der Waals surface area contributed by atoms with Crippen molar-refractivity contribution in [1.82, 2.24) is 5.32 Å². The van der Waals surface area contributed by atoms with Crippen molar-refractivity contribution in [2.24, 2.45) is 5.92 Å². The smallest absolute Gasteiger partial charge is 0.00646 e. The van der Waals surface area contributed by atoms with E-state index in [0.29, 0.717) is 0 Å². The molecule has 0 aliphatic carbocycles. The maximum atomic E-state index is 3.52. The number of rotatable bonds is 1. The summed E-state index contributed by atoms with van der Waals surface area (Å²) in [6.45, 7) is 5.81. The third-order valence-electron chi connectivity index (χ3n) is 2.26. The second-order valence-electron chi connectivity index (χ2n) is 3.20. The first-order valence-electron chi connectivity index (χ1n) is 4.06. The molecular weight excluding hydrogens is 146 g/mol. The number of nitrogens with one attached hydrogen (secondary N) is 1. The molecule has 10 heavy (non-hydrogen) atoms. The van der Waals surface area contributed by atoms with E-state index in [0.717, 1.165) is 12.0 Å². The summed E-state index contributed by atoms with van der Waals surface area (Å²) in [5, 5.41) is 3.52. The minimum absolute atomic E-state index is 0. The summed E-state index contributed by atoms with van der Waals surface area (Å²) < 4.78 is 0. The summed E-state index contributed by atoms with van der Waals surface area (Å²) in [6, 6.07) is 0.821. The lowest BCUT2D eigenvalue weighted by Crippen LogP contribution is -2.37. The Hall–Kier alpha value is 0.250. The highest BCUT2D eigenvalue weighted by atomic mass is 35.5. The van der Waals surface area contributed by atoms with Gasteiger partial charge in [-0.1, -0.05) is 13.8 Å². The first-order chi connectivity index (χ1) is 4.33. The van der Waals surface area contributed by atoms with E-state index in [1.807, 2.05) is 0 Å². The van der Waals surface area contributed by atoms with E-state index in [1.165, 1.54) is 25.8 Å². The van der Waals surface area contributed by atoms with Crippen molar-refractivity contribution < 1.29 is 0 Å². The van der Waals surface area contributed by atoms with Gasteiger partial charge in [0.25, 0.3) is 0 Å². The van der Waals surface area contributed by atoms with Crippen LogP contribution in [0, 0.1) is 5.92 Å². The van der Waals surface area contributed by atoms with Crippen molar-refractivity contribution in [2.45, 2.75) is 39.2 Å². The molecular formula is C8H18ClN. The molecule has 1 rings (SSSR count). The number of piperidine rings is 1. The molecule has 0 aromatic carbocycles. The minimum Gasteiger partial charge on any atom is -0.314 e. The normalized spacial score (nSPS) is 33.0. The first-order valence-corrected chi connectivity index (χ1v) is 4.06. The Kier molecular flexibility index (Phi) is 5.10. The van der Waals surface area contributed by atoms with Gasteiger partial charge in [-0.05, 0) is 31.7 Å². The van der Waals surface area contributed by atoms with E-state index in [1.54, 1.807) is 0 Å². The third-order valence-corrected chi connectivity index (χ3v) is 2.26. The summed E-state index contributed by atoms with van der Waals surface area (Å²) >= 11 is 0. The largest absolute Gasteiger partial charge is 0.314 e. The Morgan fingerprint density at radius 2 is 2.10 bits per heavy atom. The molecule has 0 aromatic rings. The molecule has 0 spiro atoms. The van der Waals surface area contributed by atoms with Crippen molar-refractivity contribution in [3.05, 3.63) is 0 Å². The molecule has 1 nitrogen and oxygen atoms in total. The van der Waals surface area contributed by atoms with Gasteiger partial charge < -0.3 is 5.32 Å². The van der Waals surface area contributed by atoms with Crippen LogP contribution in [0.5, 0.6) is 0 Å². The minimum atomic E-state index is 0. The molecule has 1 saturated heterocycles. The monoisotopic (exact) mass is 163 g/mol. The zero-order valence-corrected chi connectivity index (χ0v) is 7.71. The van der Waals surface area contributed by atoms with Gasteiger partial charge in [-0.2, -0.15) is 0 Å². The molecule has 1 aliphatic heterocycles. The van der Waals surface area contributed by atoms with Crippen LogP contribution in [0.4, 0.5) is 0 Å². The van der Waals surface area contributed by atoms with E-state index in [2.05, 4.69) is 19.2 Å². The van der Waals surface area contributed by atoms with E-state index in [9.17, 15) is 0 Å². The summed E-state index contributed by atoms with van der Waals surface area (Å²) in [6.07, 6.45) is 4.11. The summed E-state index contributed by atoms with van der Waals surface area (Å²) in [7, 11) is 0. The second kappa shape index (κ2) is 4.97.